The molecule has 2 aromatic heterocycles. The summed E-state index contributed by atoms with van der Waals surface area (Å²) in [5.41, 5.74) is 1.17. The molecule has 0 aliphatic carbocycles. The molecule has 0 aliphatic rings. The van der Waals surface area contributed by atoms with E-state index in [0.717, 1.165) is 22.4 Å². The lowest BCUT2D eigenvalue weighted by Gasteiger charge is -2.23. The van der Waals surface area contributed by atoms with Crippen molar-refractivity contribution in [2.75, 3.05) is 14.2 Å². The van der Waals surface area contributed by atoms with Gasteiger partial charge in [0.2, 0.25) is 0 Å². The zero-order chi connectivity index (χ0) is 16.4. The highest BCUT2D eigenvalue weighted by Crippen LogP contribution is 2.23. The molecule has 0 spiro atoms. The molecule has 1 atom stereocenters. The highest BCUT2D eigenvalue weighted by atomic mass is 16.5. The van der Waals surface area contributed by atoms with Crippen LogP contribution in [0, 0.1) is 0 Å². The molecule has 1 aromatic carbocycles. The van der Waals surface area contributed by atoms with Crippen LogP contribution < -0.4 is 4.74 Å². The Morgan fingerprint density at radius 3 is 2.78 bits per heavy atom. The molecule has 23 heavy (non-hydrogen) atoms. The minimum Gasteiger partial charge on any atom is -0.497 e. The standard InChI is InChI=1S/C18H18N2O3/c1-12(17-5-4-10-23-17)20(2)18(21)16-8-6-13-11-14(22-3)7-9-15(13)19-16/h4-12H,1-3H3. The van der Waals surface area contributed by atoms with E-state index in [2.05, 4.69) is 4.98 Å². The number of hydrogen-bond donors (Lipinski definition) is 0. The lowest BCUT2D eigenvalue weighted by molar-refractivity contribution is 0.0720. The van der Waals surface area contributed by atoms with Crippen LogP contribution in [-0.4, -0.2) is 29.9 Å². The van der Waals surface area contributed by atoms with Crippen LogP contribution in [0.2, 0.25) is 0 Å². The molecule has 3 rings (SSSR count). The van der Waals surface area contributed by atoms with Crippen molar-refractivity contribution in [2.45, 2.75) is 13.0 Å². The van der Waals surface area contributed by atoms with Crippen LogP contribution in [0.3, 0.4) is 0 Å². The first-order valence-corrected chi connectivity index (χ1v) is 7.35. The van der Waals surface area contributed by atoms with E-state index in [0.29, 0.717) is 5.69 Å². The predicted molar refractivity (Wildman–Crippen MR) is 87.5 cm³/mol. The lowest BCUT2D eigenvalue weighted by Crippen LogP contribution is -2.30. The maximum atomic E-state index is 12.6. The number of rotatable bonds is 4. The highest BCUT2D eigenvalue weighted by molar-refractivity contribution is 5.95. The molecule has 1 unspecified atom stereocenters. The number of fused-ring (bicyclic) bond motifs is 1. The molecule has 3 aromatic rings. The molecular formula is C18H18N2O3. The van der Waals surface area contributed by atoms with Gasteiger partial charge in [0, 0.05) is 12.4 Å². The van der Waals surface area contributed by atoms with Crippen molar-refractivity contribution in [3.63, 3.8) is 0 Å². The normalized spacial score (nSPS) is 12.1. The summed E-state index contributed by atoms with van der Waals surface area (Å²) in [5.74, 6) is 1.36. The quantitative estimate of drug-likeness (QED) is 0.738. The van der Waals surface area contributed by atoms with E-state index >= 15 is 0 Å². The van der Waals surface area contributed by atoms with Crippen LogP contribution >= 0.6 is 0 Å². The fourth-order valence-corrected chi connectivity index (χ4v) is 2.43. The molecule has 0 bridgehead atoms. The van der Waals surface area contributed by atoms with Gasteiger partial charge in [0.05, 0.1) is 24.9 Å². The van der Waals surface area contributed by atoms with Gasteiger partial charge in [-0.2, -0.15) is 0 Å². The molecule has 1 amide bonds. The Labute approximate surface area is 134 Å². The van der Waals surface area contributed by atoms with Crippen molar-refractivity contribution >= 4 is 16.8 Å². The maximum Gasteiger partial charge on any atom is 0.272 e. The van der Waals surface area contributed by atoms with Crippen molar-refractivity contribution in [1.82, 2.24) is 9.88 Å². The van der Waals surface area contributed by atoms with Gasteiger partial charge in [0.25, 0.3) is 5.91 Å². The Bertz CT molecular complexity index is 827. The third kappa shape index (κ3) is 2.90. The van der Waals surface area contributed by atoms with Crippen molar-refractivity contribution < 1.29 is 13.9 Å². The van der Waals surface area contributed by atoms with Crippen molar-refractivity contribution in [3.8, 4) is 5.75 Å². The first-order chi connectivity index (χ1) is 11.1. The molecule has 2 heterocycles. The second kappa shape index (κ2) is 6.12. The number of furan rings is 1. The van der Waals surface area contributed by atoms with Gasteiger partial charge in [0.15, 0.2) is 0 Å². The summed E-state index contributed by atoms with van der Waals surface area (Å²) in [5, 5.41) is 0.933. The molecule has 0 fully saturated rings. The third-order valence-electron chi connectivity index (χ3n) is 3.97. The molecule has 0 radical (unpaired) electrons. The molecule has 0 saturated heterocycles. The van der Waals surface area contributed by atoms with E-state index in [1.165, 1.54) is 0 Å². The molecular weight excluding hydrogens is 292 g/mol. The predicted octanol–water partition coefficient (Wildman–Crippen LogP) is 3.67. The third-order valence-corrected chi connectivity index (χ3v) is 3.97. The summed E-state index contributed by atoms with van der Waals surface area (Å²) in [7, 11) is 3.37. The van der Waals surface area contributed by atoms with Gasteiger partial charge in [-0.1, -0.05) is 6.07 Å². The second-order valence-electron chi connectivity index (χ2n) is 5.36. The van der Waals surface area contributed by atoms with Crippen molar-refractivity contribution in [3.05, 3.63) is 60.2 Å². The summed E-state index contributed by atoms with van der Waals surface area (Å²) in [6.45, 7) is 1.92. The monoisotopic (exact) mass is 310 g/mol. The summed E-state index contributed by atoms with van der Waals surface area (Å²) < 4.78 is 10.6. The smallest absolute Gasteiger partial charge is 0.272 e. The molecule has 118 valence electrons. The van der Waals surface area contributed by atoms with Crippen molar-refractivity contribution in [1.29, 1.82) is 0 Å². The van der Waals surface area contributed by atoms with Gasteiger partial charge in [-0.05, 0) is 43.3 Å². The van der Waals surface area contributed by atoms with E-state index in [9.17, 15) is 4.79 Å². The zero-order valence-corrected chi connectivity index (χ0v) is 13.3. The Morgan fingerprint density at radius 1 is 1.26 bits per heavy atom. The largest absolute Gasteiger partial charge is 0.497 e. The Balaban J connectivity index is 1.88. The van der Waals surface area contributed by atoms with Gasteiger partial charge in [-0.25, -0.2) is 4.98 Å². The van der Waals surface area contributed by atoms with E-state index in [1.54, 1.807) is 31.4 Å². The minimum absolute atomic E-state index is 0.147. The highest BCUT2D eigenvalue weighted by Gasteiger charge is 2.21. The molecule has 0 saturated carbocycles. The Hall–Kier alpha value is -2.82. The second-order valence-corrected chi connectivity index (χ2v) is 5.36. The van der Waals surface area contributed by atoms with Gasteiger partial charge in [0.1, 0.15) is 17.2 Å². The topological polar surface area (TPSA) is 55.6 Å². The number of nitrogens with zero attached hydrogens (tertiary/aromatic N) is 2. The Kier molecular flexibility index (Phi) is 4.02. The molecule has 0 N–H and O–H groups in total. The molecule has 5 heteroatoms. The first kappa shape index (κ1) is 15.1. The maximum absolute atomic E-state index is 12.6. The number of benzene rings is 1. The summed E-state index contributed by atoms with van der Waals surface area (Å²) in [6, 6.07) is 12.7. The molecule has 5 nitrogen and oxygen atoms in total. The van der Waals surface area contributed by atoms with Crippen LogP contribution in [-0.2, 0) is 0 Å². The van der Waals surface area contributed by atoms with E-state index in [1.807, 2.05) is 43.3 Å². The van der Waals surface area contributed by atoms with Crippen molar-refractivity contribution in [2.24, 2.45) is 0 Å². The van der Waals surface area contributed by atoms with Gasteiger partial charge in [-0.15, -0.1) is 0 Å². The number of amides is 1. The SMILES string of the molecule is COc1ccc2nc(C(=O)N(C)C(C)c3ccco3)ccc2c1. The van der Waals surface area contributed by atoms with Crippen LogP contribution in [0.1, 0.15) is 29.2 Å². The summed E-state index contributed by atoms with van der Waals surface area (Å²) >= 11 is 0. The van der Waals surface area contributed by atoms with Gasteiger partial charge in [-0.3, -0.25) is 4.79 Å². The average Bonchev–Trinajstić information content (AvgIpc) is 3.13. The van der Waals surface area contributed by atoms with Crippen LogP contribution in [0.15, 0.2) is 53.1 Å². The number of ether oxygens (including phenoxy) is 1. The van der Waals surface area contributed by atoms with Crippen LogP contribution in [0.5, 0.6) is 5.75 Å². The number of pyridine rings is 1. The number of carbonyl (C=O) groups excluding carboxylic acids is 1. The van der Waals surface area contributed by atoms with Crippen LogP contribution in [0.25, 0.3) is 10.9 Å². The fourth-order valence-electron chi connectivity index (χ4n) is 2.43. The van der Waals surface area contributed by atoms with E-state index in [-0.39, 0.29) is 11.9 Å². The molecule has 0 aliphatic heterocycles. The number of methoxy groups -OCH3 is 1. The first-order valence-electron chi connectivity index (χ1n) is 7.35. The minimum atomic E-state index is -0.161. The zero-order valence-electron chi connectivity index (χ0n) is 13.3. The fraction of sp³-hybridized carbons (Fsp3) is 0.222. The van der Waals surface area contributed by atoms with E-state index < -0.39 is 0 Å². The number of hydrogen-bond acceptors (Lipinski definition) is 4. The van der Waals surface area contributed by atoms with E-state index in [4.69, 9.17) is 9.15 Å². The lowest BCUT2D eigenvalue weighted by atomic mass is 10.1. The summed E-state index contributed by atoms with van der Waals surface area (Å²) in [4.78, 5) is 18.7. The van der Waals surface area contributed by atoms with Gasteiger partial charge >= 0.3 is 0 Å². The summed E-state index contributed by atoms with van der Waals surface area (Å²) in [6.07, 6.45) is 1.60. The number of aromatic nitrogens is 1. The number of carbonyl (C=O) groups is 1. The van der Waals surface area contributed by atoms with Crippen LogP contribution in [0.4, 0.5) is 0 Å². The Morgan fingerprint density at radius 2 is 2.09 bits per heavy atom. The van der Waals surface area contributed by atoms with Gasteiger partial charge < -0.3 is 14.1 Å². The average molecular weight is 310 g/mol.